The van der Waals surface area contributed by atoms with E-state index >= 15 is 0 Å². The fourth-order valence-corrected chi connectivity index (χ4v) is 5.35. The number of phenols is 1. The summed E-state index contributed by atoms with van der Waals surface area (Å²) >= 11 is 5.71. The molecule has 12 heteroatoms. The summed E-state index contributed by atoms with van der Waals surface area (Å²) in [6, 6.07) is 8.82. The number of nitrogens with one attached hydrogen (secondary N) is 3. The van der Waals surface area contributed by atoms with Gasteiger partial charge >= 0.3 is 12.2 Å². The Balaban J connectivity index is 1.17. The predicted octanol–water partition coefficient (Wildman–Crippen LogP) is 5.81. The molecule has 0 unspecified atom stereocenters. The lowest BCUT2D eigenvalue weighted by atomic mass is 9.99. The molecule has 3 atom stereocenters. The maximum Gasteiger partial charge on any atom is 0.418 e. The highest BCUT2D eigenvalue weighted by Gasteiger charge is 2.80. The smallest absolute Gasteiger partial charge is 0.418 e. The van der Waals surface area contributed by atoms with Crippen molar-refractivity contribution in [1.29, 1.82) is 0 Å². The number of alkyl halides is 3. The Labute approximate surface area is 219 Å². The number of carbonyl (C=O) groups is 2. The number of phenolic OH excluding ortho intramolecular Hbond substituents is 1. The average Bonchev–Trinajstić information content (AvgIpc) is 3.71. The molecule has 3 aromatic rings. The maximum atomic E-state index is 13.4. The van der Waals surface area contributed by atoms with E-state index in [9.17, 15) is 27.9 Å². The van der Waals surface area contributed by atoms with Crippen LogP contribution in [-0.4, -0.2) is 27.6 Å². The van der Waals surface area contributed by atoms with Gasteiger partial charge in [0.2, 0.25) is 5.91 Å². The zero-order valence-electron chi connectivity index (χ0n) is 19.5. The van der Waals surface area contributed by atoms with E-state index in [4.69, 9.17) is 16.3 Å². The molecule has 6 rings (SSSR count). The van der Waals surface area contributed by atoms with E-state index in [1.807, 2.05) is 0 Å². The number of benzene rings is 2. The molecule has 2 aromatic carbocycles. The number of anilines is 2. The van der Waals surface area contributed by atoms with Gasteiger partial charge in [-0.3, -0.25) is 4.79 Å². The summed E-state index contributed by atoms with van der Waals surface area (Å²) in [7, 11) is 0. The van der Waals surface area contributed by atoms with Gasteiger partial charge in [-0.2, -0.15) is 13.2 Å². The molecule has 1 aliphatic heterocycles. The maximum absolute atomic E-state index is 13.4. The van der Waals surface area contributed by atoms with Crippen molar-refractivity contribution >= 4 is 35.0 Å². The molecule has 2 saturated carbocycles. The number of pyridine rings is 1. The standard InChI is InChI=1S/C26H20ClF3N4O4/c27-12-1-4-18(16(9-12)26(28,29)30)32-24(37)34-25-11-17(25)22(25)15-10-13(2-5-19(15)35)38-20-7-8-31-23-14(20)3-6-21(36)33-23/h1-2,4-5,7-10,17,22,35H,3,6,11H2,(H,31,33,36)(H2,32,34,37)/t17-,22+,25-/m0/s1. The third-order valence-corrected chi connectivity index (χ3v) is 7.46. The van der Waals surface area contributed by atoms with Crippen LogP contribution in [0.3, 0.4) is 0 Å². The van der Waals surface area contributed by atoms with Crippen LogP contribution >= 0.6 is 11.6 Å². The lowest BCUT2D eigenvalue weighted by molar-refractivity contribution is -0.136. The monoisotopic (exact) mass is 544 g/mol. The number of nitrogens with zero attached hydrogens (tertiary/aromatic N) is 1. The average molecular weight is 545 g/mol. The molecule has 0 spiro atoms. The molecular weight excluding hydrogens is 525 g/mol. The van der Waals surface area contributed by atoms with Gasteiger partial charge in [0.25, 0.3) is 0 Å². The summed E-state index contributed by atoms with van der Waals surface area (Å²) in [5.41, 5.74) is -0.757. The molecule has 1 aromatic heterocycles. The van der Waals surface area contributed by atoms with E-state index in [0.29, 0.717) is 42.1 Å². The number of rotatable bonds is 5. The molecule has 0 bridgehead atoms. The van der Waals surface area contributed by atoms with Gasteiger partial charge in [-0.25, -0.2) is 9.78 Å². The Kier molecular flexibility index (Phi) is 5.46. The summed E-state index contributed by atoms with van der Waals surface area (Å²) in [5.74, 6) is 1.17. The zero-order valence-corrected chi connectivity index (χ0v) is 20.3. The summed E-state index contributed by atoms with van der Waals surface area (Å²) < 4.78 is 46.2. The number of carbonyl (C=O) groups excluding carboxylic acids is 2. The van der Waals surface area contributed by atoms with Crippen molar-refractivity contribution in [2.24, 2.45) is 5.92 Å². The van der Waals surface area contributed by atoms with E-state index in [1.165, 1.54) is 18.3 Å². The Morgan fingerprint density at radius 3 is 2.76 bits per heavy atom. The van der Waals surface area contributed by atoms with Crippen LogP contribution in [-0.2, 0) is 17.4 Å². The van der Waals surface area contributed by atoms with Gasteiger partial charge in [0.15, 0.2) is 0 Å². The van der Waals surface area contributed by atoms with Crippen LogP contribution in [0.5, 0.6) is 17.2 Å². The normalized spacial score (nSPS) is 23.0. The molecule has 38 heavy (non-hydrogen) atoms. The van der Waals surface area contributed by atoms with Crippen molar-refractivity contribution in [2.75, 3.05) is 10.6 Å². The molecule has 196 valence electrons. The zero-order chi connectivity index (χ0) is 26.8. The second kappa shape index (κ2) is 8.52. The molecule has 3 aliphatic rings. The molecule has 2 fully saturated rings. The molecule has 3 amide bonds. The van der Waals surface area contributed by atoms with Crippen molar-refractivity contribution in [2.45, 2.75) is 36.9 Å². The minimum Gasteiger partial charge on any atom is -0.508 e. The van der Waals surface area contributed by atoms with E-state index in [1.54, 1.807) is 18.2 Å². The van der Waals surface area contributed by atoms with Crippen LogP contribution in [0.25, 0.3) is 0 Å². The molecule has 0 saturated heterocycles. The van der Waals surface area contributed by atoms with Crippen molar-refractivity contribution in [3.05, 3.63) is 70.4 Å². The second-order valence-electron chi connectivity index (χ2n) is 9.60. The first-order valence-electron chi connectivity index (χ1n) is 11.8. The van der Waals surface area contributed by atoms with Crippen LogP contribution in [0, 0.1) is 5.92 Å². The van der Waals surface area contributed by atoms with Crippen molar-refractivity contribution in [1.82, 2.24) is 10.3 Å². The Morgan fingerprint density at radius 1 is 1.18 bits per heavy atom. The van der Waals surface area contributed by atoms with Crippen molar-refractivity contribution in [3.8, 4) is 17.2 Å². The Hall–Kier alpha value is -3.99. The largest absolute Gasteiger partial charge is 0.508 e. The summed E-state index contributed by atoms with van der Waals surface area (Å²) in [5, 5.41) is 18.2. The number of urea groups is 1. The number of amides is 3. The van der Waals surface area contributed by atoms with E-state index < -0.39 is 29.0 Å². The van der Waals surface area contributed by atoms with Gasteiger partial charge in [-0.05, 0) is 61.2 Å². The second-order valence-corrected chi connectivity index (χ2v) is 10.0. The highest BCUT2D eigenvalue weighted by molar-refractivity contribution is 6.30. The molecular formula is C26H20ClF3N4O4. The lowest BCUT2D eigenvalue weighted by Crippen LogP contribution is -2.36. The van der Waals surface area contributed by atoms with E-state index in [0.717, 1.165) is 17.7 Å². The highest BCUT2D eigenvalue weighted by Crippen LogP contribution is 2.77. The van der Waals surface area contributed by atoms with Gasteiger partial charge in [-0.15, -0.1) is 0 Å². The molecule has 8 nitrogen and oxygen atoms in total. The summed E-state index contributed by atoms with van der Waals surface area (Å²) in [6.45, 7) is 0. The molecule has 2 aliphatic carbocycles. The van der Waals surface area contributed by atoms with E-state index in [-0.39, 0.29) is 28.5 Å². The van der Waals surface area contributed by atoms with Gasteiger partial charge in [0.05, 0.1) is 16.8 Å². The molecule has 0 radical (unpaired) electrons. The number of halogens is 4. The third-order valence-electron chi connectivity index (χ3n) is 7.22. The number of fused-ring (bicyclic) bond motifs is 2. The number of hydrogen-bond acceptors (Lipinski definition) is 5. The highest BCUT2D eigenvalue weighted by atomic mass is 35.5. The Bertz CT molecular complexity index is 1500. The summed E-state index contributed by atoms with van der Waals surface area (Å²) in [4.78, 5) is 28.5. The van der Waals surface area contributed by atoms with Crippen LogP contribution in [0.1, 0.15) is 35.4 Å². The SMILES string of the molecule is O=C1CCc2c(Oc3ccc(O)c([C@@H]4[C@@H]5C[C@@]45NC(=O)Nc4ccc(Cl)cc4C(F)(F)F)c3)ccnc2N1. The number of aromatic hydroxyl groups is 1. The van der Waals surface area contributed by atoms with Gasteiger partial charge in [0.1, 0.15) is 23.1 Å². The summed E-state index contributed by atoms with van der Waals surface area (Å²) in [6.07, 6.45) is -1.73. The van der Waals surface area contributed by atoms with E-state index in [2.05, 4.69) is 20.9 Å². The van der Waals surface area contributed by atoms with Crippen molar-refractivity contribution < 1.29 is 32.6 Å². The minimum atomic E-state index is -4.69. The van der Waals surface area contributed by atoms with Gasteiger partial charge in [0, 0.05) is 34.7 Å². The van der Waals surface area contributed by atoms with Crippen LogP contribution in [0.15, 0.2) is 48.7 Å². The Morgan fingerprint density at radius 2 is 2.00 bits per heavy atom. The van der Waals surface area contributed by atoms with Gasteiger partial charge < -0.3 is 25.8 Å². The lowest BCUT2D eigenvalue weighted by Gasteiger charge is -2.20. The first-order valence-corrected chi connectivity index (χ1v) is 12.2. The number of hydrogen-bond donors (Lipinski definition) is 4. The van der Waals surface area contributed by atoms with Crippen molar-refractivity contribution in [3.63, 3.8) is 0 Å². The predicted molar refractivity (Wildman–Crippen MR) is 132 cm³/mol. The minimum absolute atomic E-state index is 0.0252. The number of aromatic nitrogens is 1. The van der Waals surface area contributed by atoms with Crippen LogP contribution < -0.4 is 20.7 Å². The molecule has 4 N–H and O–H groups in total. The van der Waals surface area contributed by atoms with Crippen LogP contribution in [0.2, 0.25) is 5.02 Å². The van der Waals surface area contributed by atoms with Crippen LogP contribution in [0.4, 0.5) is 29.5 Å². The first kappa shape index (κ1) is 24.4. The fourth-order valence-electron chi connectivity index (χ4n) is 5.17. The first-order chi connectivity index (χ1) is 18.0. The third kappa shape index (κ3) is 4.26. The quantitative estimate of drug-likeness (QED) is 0.324. The topological polar surface area (TPSA) is 113 Å². The molecule has 2 heterocycles. The number of ether oxygens (including phenoxy) is 1. The fraction of sp³-hybridized carbons (Fsp3) is 0.269. The van der Waals surface area contributed by atoms with Gasteiger partial charge in [-0.1, -0.05) is 11.6 Å².